The third-order valence-corrected chi connectivity index (χ3v) is 6.64. The molecule has 23 heavy (non-hydrogen) atoms. The summed E-state index contributed by atoms with van der Waals surface area (Å²) in [6.07, 6.45) is 1.35. The van der Waals surface area contributed by atoms with Crippen LogP contribution in [0.2, 0.25) is 0 Å². The molecule has 0 saturated carbocycles. The molecule has 3 heteroatoms. The highest BCUT2D eigenvalue weighted by molar-refractivity contribution is 7.99. The van der Waals surface area contributed by atoms with Gasteiger partial charge in [0.05, 0.1) is 38.1 Å². The van der Waals surface area contributed by atoms with Gasteiger partial charge in [-0.05, 0) is 31.2 Å². The summed E-state index contributed by atoms with van der Waals surface area (Å²) in [6, 6.07) is 17.7. The Hall–Kier alpha value is -1.45. The Bertz CT molecular complexity index is 669. The van der Waals surface area contributed by atoms with Crippen LogP contribution in [0.4, 0.5) is 11.4 Å². The molecule has 0 aliphatic carbocycles. The summed E-state index contributed by atoms with van der Waals surface area (Å²) in [6.45, 7) is 7.35. The second-order valence-corrected chi connectivity index (χ2v) is 8.23. The Balaban J connectivity index is 1.66. The molecule has 2 nitrogen and oxygen atoms in total. The van der Waals surface area contributed by atoms with E-state index in [1.165, 1.54) is 51.7 Å². The Morgan fingerprint density at radius 2 is 1.65 bits per heavy atom. The van der Waals surface area contributed by atoms with Crippen LogP contribution >= 0.6 is 11.8 Å². The number of para-hydroxylation sites is 2. The largest absolute Gasteiger partial charge is 0.339 e. The van der Waals surface area contributed by atoms with Crippen LogP contribution in [-0.4, -0.2) is 37.7 Å². The zero-order chi connectivity index (χ0) is 15.9. The van der Waals surface area contributed by atoms with Crippen LogP contribution in [0.15, 0.2) is 58.3 Å². The molecule has 2 aliphatic heterocycles. The Morgan fingerprint density at radius 3 is 2.22 bits per heavy atom. The van der Waals surface area contributed by atoms with Gasteiger partial charge in [0.1, 0.15) is 0 Å². The third kappa shape index (κ3) is 2.77. The Kier molecular flexibility index (Phi) is 3.86. The first kappa shape index (κ1) is 15.1. The molecule has 2 unspecified atom stereocenters. The number of rotatable bonds is 3. The van der Waals surface area contributed by atoms with Gasteiger partial charge in [0, 0.05) is 28.7 Å². The van der Waals surface area contributed by atoms with Crippen LogP contribution in [0.25, 0.3) is 0 Å². The van der Waals surface area contributed by atoms with Crippen molar-refractivity contribution in [3.05, 3.63) is 48.5 Å². The van der Waals surface area contributed by atoms with E-state index in [9.17, 15) is 0 Å². The minimum atomic E-state index is 0.782. The molecule has 1 saturated heterocycles. The third-order valence-electron chi connectivity index (χ3n) is 5.51. The van der Waals surface area contributed by atoms with E-state index in [1.807, 2.05) is 11.8 Å². The van der Waals surface area contributed by atoms with E-state index < -0.39 is 0 Å². The Morgan fingerprint density at radius 1 is 1.04 bits per heavy atom. The standard InChI is InChI=1S/C20H25N2S/c1-3-22(2)13-12-16(15-22)14-21-17-8-4-6-10-19(17)23-20-11-7-5-9-18(20)21/h4-11,16H,3,12-15H2,1-2H3/q+1. The lowest BCUT2D eigenvalue weighted by Crippen LogP contribution is -2.42. The average Bonchev–Trinajstić information content (AvgIpc) is 2.96. The molecule has 2 aromatic rings. The number of hydrogen-bond donors (Lipinski definition) is 0. The van der Waals surface area contributed by atoms with Gasteiger partial charge < -0.3 is 9.38 Å². The summed E-state index contributed by atoms with van der Waals surface area (Å²) in [7, 11) is 2.41. The van der Waals surface area contributed by atoms with Crippen LogP contribution in [0, 0.1) is 5.92 Å². The molecule has 0 radical (unpaired) electrons. The van der Waals surface area contributed by atoms with Crippen molar-refractivity contribution in [1.29, 1.82) is 0 Å². The average molecular weight is 326 g/mol. The van der Waals surface area contributed by atoms with Gasteiger partial charge in [-0.25, -0.2) is 0 Å². The van der Waals surface area contributed by atoms with Crippen molar-refractivity contribution in [2.45, 2.75) is 23.1 Å². The molecule has 0 spiro atoms. The van der Waals surface area contributed by atoms with E-state index in [-0.39, 0.29) is 0 Å². The number of hydrogen-bond acceptors (Lipinski definition) is 2. The maximum Gasteiger partial charge on any atom is 0.0832 e. The quantitative estimate of drug-likeness (QED) is 0.748. The molecule has 0 amide bonds. The van der Waals surface area contributed by atoms with Crippen molar-refractivity contribution in [2.24, 2.45) is 5.92 Å². The van der Waals surface area contributed by atoms with Gasteiger partial charge in [0.2, 0.25) is 0 Å². The zero-order valence-corrected chi connectivity index (χ0v) is 14.9. The Labute approximate surface area is 143 Å². The summed E-state index contributed by atoms with van der Waals surface area (Å²) in [5.74, 6) is 0.782. The van der Waals surface area contributed by atoms with E-state index in [1.54, 1.807) is 0 Å². The monoisotopic (exact) mass is 325 g/mol. The van der Waals surface area contributed by atoms with E-state index in [0.29, 0.717) is 0 Å². The summed E-state index contributed by atoms with van der Waals surface area (Å²) < 4.78 is 1.23. The predicted molar refractivity (Wildman–Crippen MR) is 98.6 cm³/mol. The number of anilines is 2. The highest BCUT2D eigenvalue weighted by Crippen LogP contribution is 2.48. The second-order valence-electron chi connectivity index (χ2n) is 7.14. The van der Waals surface area contributed by atoms with Crippen molar-refractivity contribution in [2.75, 3.05) is 38.1 Å². The molecule has 2 aliphatic rings. The van der Waals surface area contributed by atoms with Gasteiger partial charge >= 0.3 is 0 Å². The lowest BCUT2D eigenvalue weighted by atomic mass is 10.1. The van der Waals surface area contributed by atoms with Crippen molar-refractivity contribution < 1.29 is 4.48 Å². The van der Waals surface area contributed by atoms with Crippen molar-refractivity contribution in [3.8, 4) is 0 Å². The molecule has 2 atom stereocenters. The highest BCUT2D eigenvalue weighted by Gasteiger charge is 2.35. The van der Waals surface area contributed by atoms with Gasteiger partial charge in [0.25, 0.3) is 0 Å². The van der Waals surface area contributed by atoms with Crippen LogP contribution in [-0.2, 0) is 0 Å². The van der Waals surface area contributed by atoms with Crippen LogP contribution in [0.5, 0.6) is 0 Å². The van der Waals surface area contributed by atoms with Crippen LogP contribution in [0.3, 0.4) is 0 Å². The van der Waals surface area contributed by atoms with E-state index in [0.717, 1.165) is 12.5 Å². The molecule has 0 N–H and O–H groups in total. The van der Waals surface area contributed by atoms with E-state index in [4.69, 9.17) is 0 Å². The first-order valence-corrected chi connectivity index (χ1v) is 9.47. The zero-order valence-electron chi connectivity index (χ0n) is 14.0. The molecule has 1 fully saturated rings. The van der Waals surface area contributed by atoms with Gasteiger partial charge in [-0.3, -0.25) is 0 Å². The van der Waals surface area contributed by atoms with E-state index >= 15 is 0 Å². The lowest BCUT2D eigenvalue weighted by Gasteiger charge is -2.34. The fraction of sp³-hybridized carbons (Fsp3) is 0.400. The van der Waals surface area contributed by atoms with Crippen LogP contribution in [0.1, 0.15) is 13.3 Å². The van der Waals surface area contributed by atoms with Crippen molar-refractivity contribution in [3.63, 3.8) is 0 Å². The summed E-state index contributed by atoms with van der Waals surface area (Å²) >= 11 is 1.90. The summed E-state index contributed by atoms with van der Waals surface area (Å²) in [4.78, 5) is 5.34. The number of benzene rings is 2. The predicted octanol–water partition coefficient (Wildman–Crippen LogP) is 4.78. The maximum atomic E-state index is 2.57. The summed E-state index contributed by atoms with van der Waals surface area (Å²) in [5, 5.41) is 0. The van der Waals surface area contributed by atoms with Gasteiger partial charge in [-0.15, -0.1) is 0 Å². The van der Waals surface area contributed by atoms with Gasteiger partial charge in [-0.1, -0.05) is 36.0 Å². The molecule has 0 bridgehead atoms. The van der Waals surface area contributed by atoms with E-state index in [2.05, 4.69) is 67.4 Å². The number of nitrogens with zero attached hydrogens (tertiary/aromatic N) is 2. The lowest BCUT2D eigenvalue weighted by molar-refractivity contribution is -0.897. The molecule has 0 aromatic heterocycles. The first-order chi connectivity index (χ1) is 11.2. The van der Waals surface area contributed by atoms with Gasteiger partial charge in [0.15, 0.2) is 0 Å². The second kappa shape index (κ2) is 5.88. The molecular formula is C20H25N2S+. The fourth-order valence-corrected chi connectivity index (χ4v) is 5.07. The molecule has 4 rings (SSSR count). The summed E-state index contributed by atoms with van der Waals surface area (Å²) in [5.41, 5.74) is 2.77. The molecule has 120 valence electrons. The number of likely N-dealkylation sites (tertiary alicyclic amines) is 1. The molecule has 2 heterocycles. The molecule has 2 aromatic carbocycles. The van der Waals surface area contributed by atoms with Crippen LogP contribution < -0.4 is 4.90 Å². The van der Waals surface area contributed by atoms with Crippen molar-refractivity contribution in [1.82, 2.24) is 0 Å². The number of quaternary nitrogens is 1. The minimum absolute atomic E-state index is 0.782. The smallest absolute Gasteiger partial charge is 0.0832 e. The minimum Gasteiger partial charge on any atom is -0.339 e. The highest BCUT2D eigenvalue weighted by atomic mass is 32.2. The first-order valence-electron chi connectivity index (χ1n) is 8.65. The fourth-order valence-electron chi connectivity index (χ4n) is 3.97. The normalized spacial score (nSPS) is 26.0. The van der Waals surface area contributed by atoms with Crippen molar-refractivity contribution >= 4 is 23.1 Å². The number of fused-ring (bicyclic) bond motifs is 2. The maximum absolute atomic E-state index is 2.57. The molecular weight excluding hydrogens is 300 g/mol. The SMILES string of the molecule is CC[N+]1(C)CCC(CN2c3ccccc3Sc3ccccc32)C1. The topological polar surface area (TPSA) is 3.24 Å². The van der Waals surface area contributed by atoms with Gasteiger partial charge in [-0.2, -0.15) is 0 Å².